The Balaban J connectivity index is 1.46. The van der Waals surface area contributed by atoms with Crippen LogP contribution >= 0.6 is 0 Å². The summed E-state index contributed by atoms with van der Waals surface area (Å²) in [7, 11) is 1.63. The van der Waals surface area contributed by atoms with Crippen molar-refractivity contribution < 1.29 is 22.7 Å². The number of nitrogens with one attached hydrogen (secondary N) is 1. The maximum absolute atomic E-state index is 13.5. The van der Waals surface area contributed by atoms with Crippen LogP contribution in [0, 0.1) is 5.92 Å². The van der Waals surface area contributed by atoms with E-state index in [1.165, 1.54) is 6.07 Å². The Kier molecular flexibility index (Phi) is 6.51. The minimum atomic E-state index is -4.43. The number of hydrogen-bond donors (Lipinski definition) is 1. The van der Waals surface area contributed by atoms with Crippen molar-refractivity contribution in [1.82, 2.24) is 5.32 Å². The second-order valence-electron chi connectivity index (χ2n) is 9.23. The van der Waals surface area contributed by atoms with Gasteiger partial charge in [-0.05, 0) is 47.9 Å². The van der Waals surface area contributed by atoms with E-state index in [1.54, 1.807) is 13.2 Å². The fraction of sp³-hybridized carbons (Fsp3) is 0.321. The molecule has 0 aliphatic carbocycles. The predicted molar refractivity (Wildman–Crippen MR) is 133 cm³/mol. The number of amides is 1. The van der Waals surface area contributed by atoms with E-state index in [-0.39, 0.29) is 18.4 Å². The van der Waals surface area contributed by atoms with Gasteiger partial charge < -0.3 is 19.9 Å². The number of methoxy groups -OCH3 is 1. The van der Waals surface area contributed by atoms with Crippen LogP contribution in [-0.2, 0) is 23.9 Å². The molecule has 188 valence electrons. The Bertz CT molecular complexity index is 1230. The van der Waals surface area contributed by atoms with Crippen molar-refractivity contribution in [1.29, 1.82) is 0 Å². The van der Waals surface area contributed by atoms with Crippen LogP contribution in [0.4, 0.5) is 24.5 Å². The van der Waals surface area contributed by atoms with E-state index in [1.807, 2.05) is 54.6 Å². The van der Waals surface area contributed by atoms with Gasteiger partial charge in [0.2, 0.25) is 5.91 Å². The lowest BCUT2D eigenvalue weighted by Gasteiger charge is -2.49. The summed E-state index contributed by atoms with van der Waals surface area (Å²) in [4.78, 5) is 17.8. The average Bonchev–Trinajstić information content (AvgIpc) is 2.90. The summed E-state index contributed by atoms with van der Waals surface area (Å²) in [5.74, 6) is 0.100. The highest BCUT2D eigenvalue weighted by Gasteiger charge is 2.43. The summed E-state index contributed by atoms with van der Waals surface area (Å²) in [6, 6.07) is 21.1. The molecule has 1 N–H and O–H groups in total. The van der Waals surface area contributed by atoms with Gasteiger partial charge in [-0.3, -0.25) is 4.79 Å². The third kappa shape index (κ3) is 4.72. The third-order valence-corrected chi connectivity index (χ3v) is 7.11. The monoisotopic (exact) mass is 495 g/mol. The number of carbonyl (C=O) groups excluding carboxylic acids is 1. The number of carbonyl (C=O) groups is 1. The molecule has 8 heteroatoms. The highest BCUT2D eigenvalue weighted by atomic mass is 19.4. The van der Waals surface area contributed by atoms with Gasteiger partial charge in [-0.25, -0.2) is 0 Å². The van der Waals surface area contributed by atoms with Crippen LogP contribution in [0.15, 0.2) is 72.8 Å². The molecule has 5 rings (SSSR count). The molecule has 2 aliphatic heterocycles. The molecule has 1 saturated heterocycles. The fourth-order valence-corrected chi connectivity index (χ4v) is 5.33. The Labute approximate surface area is 208 Å². The second-order valence-corrected chi connectivity index (χ2v) is 9.23. The molecule has 5 nitrogen and oxygen atoms in total. The van der Waals surface area contributed by atoms with Crippen LogP contribution in [0.25, 0.3) is 0 Å². The summed E-state index contributed by atoms with van der Waals surface area (Å²) in [5.41, 5.74) is 2.57. The van der Waals surface area contributed by atoms with Crippen molar-refractivity contribution in [2.24, 2.45) is 5.92 Å². The molecule has 0 radical (unpaired) electrons. The van der Waals surface area contributed by atoms with Crippen LogP contribution in [0.2, 0.25) is 0 Å². The first-order valence-electron chi connectivity index (χ1n) is 12.0. The maximum Gasteiger partial charge on any atom is 0.416 e. The first-order chi connectivity index (χ1) is 17.3. The summed E-state index contributed by atoms with van der Waals surface area (Å²) < 4.78 is 45.9. The number of rotatable bonds is 5. The first kappa shape index (κ1) is 24.0. The minimum Gasteiger partial charge on any atom is -0.495 e. The second kappa shape index (κ2) is 9.76. The van der Waals surface area contributed by atoms with Gasteiger partial charge in [-0.1, -0.05) is 42.5 Å². The van der Waals surface area contributed by atoms with E-state index in [0.29, 0.717) is 31.7 Å². The lowest BCUT2D eigenvalue weighted by atomic mass is 9.82. The Morgan fingerprint density at radius 1 is 1.00 bits per heavy atom. The van der Waals surface area contributed by atoms with Crippen LogP contribution in [0.1, 0.15) is 16.7 Å². The van der Waals surface area contributed by atoms with E-state index < -0.39 is 17.7 Å². The van der Waals surface area contributed by atoms with E-state index >= 15 is 0 Å². The van der Waals surface area contributed by atoms with Crippen molar-refractivity contribution in [2.75, 3.05) is 36.5 Å². The molecule has 0 spiro atoms. The smallest absolute Gasteiger partial charge is 0.416 e. The maximum atomic E-state index is 13.5. The van der Waals surface area contributed by atoms with Crippen LogP contribution < -0.4 is 19.9 Å². The molecule has 0 saturated carbocycles. The van der Waals surface area contributed by atoms with E-state index in [2.05, 4.69) is 15.1 Å². The molecule has 1 amide bonds. The largest absolute Gasteiger partial charge is 0.495 e. The SMILES string of the molecule is COc1ccccc1N1CCN2c3ccc(C(F)(F)F)cc3CC(C(=O)NCc3ccccc3)C2C1. The van der Waals surface area contributed by atoms with Crippen LogP contribution in [0.3, 0.4) is 0 Å². The molecule has 0 bridgehead atoms. The normalized spacial score (nSPS) is 19.3. The molecule has 3 aromatic rings. The third-order valence-electron chi connectivity index (χ3n) is 7.11. The number of nitrogens with zero attached hydrogens (tertiary/aromatic N) is 2. The number of fused-ring (bicyclic) bond motifs is 3. The number of ether oxygens (including phenoxy) is 1. The van der Waals surface area contributed by atoms with Gasteiger partial charge in [0.1, 0.15) is 5.75 Å². The molecule has 3 aromatic carbocycles. The standard InChI is InChI=1S/C28H28F3N3O2/c1-36-26-10-6-5-9-24(26)33-13-14-34-23-12-11-21(28(29,30)31)15-20(23)16-22(25(34)18-33)27(35)32-17-19-7-3-2-4-8-19/h2-12,15,22,25H,13-14,16-18H2,1H3,(H,32,35). The van der Waals surface area contributed by atoms with E-state index in [9.17, 15) is 18.0 Å². The Morgan fingerprint density at radius 3 is 2.50 bits per heavy atom. The first-order valence-corrected chi connectivity index (χ1v) is 12.0. The van der Waals surface area contributed by atoms with Crippen molar-refractivity contribution in [3.05, 3.63) is 89.5 Å². The molecule has 36 heavy (non-hydrogen) atoms. The van der Waals surface area contributed by atoms with Gasteiger partial charge in [0, 0.05) is 31.9 Å². The average molecular weight is 496 g/mol. The van der Waals surface area contributed by atoms with Crippen molar-refractivity contribution >= 4 is 17.3 Å². The summed E-state index contributed by atoms with van der Waals surface area (Å²) in [6.07, 6.45) is -4.18. The van der Waals surface area contributed by atoms with Gasteiger partial charge in [-0.15, -0.1) is 0 Å². The molecule has 2 heterocycles. The number of benzene rings is 3. The predicted octanol–water partition coefficient (Wildman–Crippen LogP) is 4.90. The van der Waals surface area contributed by atoms with Crippen molar-refractivity contribution in [2.45, 2.75) is 25.2 Å². The Hall–Kier alpha value is -3.68. The molecule has 2 aliphatic rings. The number of halogens is 3. The van der Waals surface area contributed by atoms with Gasteiger partial charge in [-0.2, -0.15) is 13.2 Å². The lowest BCUT2D eigenvalue weighted by Crippen LogP contribution is -2.61. The number of hydrogen-bond acceptors (Lipinski definition) is 4. The molecule has 1 fully saturated rings. The van der Waals surface area contributed by atoms with Crippen LogP contribution in [-0.4, -0.2) is 38.7 Å². The topological polar surface area (TPSA) is 44.8 Å². The number of alkyl halides is 3. The van der Waals surface area contributed by atoms with E-state index in [0.717, 1.165) is 28.8 Å². The highest BCUT2D eigenvalue weighted by molar-refractivity contribution is 5.82. The van der Waals surface area contributed by atoms with E-state index in [4.69, 9.17) is 4.74 Å². The lowest BCUT2D eigenvalue weighted by molar-refractivity contribution is -0.137. The van der Waals surface area contributed by atoms with Gasteiger partial charge in [0.15, 0.2) is 0 Å². The zero-order chi connectivity index (χ0) is 25.3. The number of para-hydroxylation sites is 2. The summed E-state index contributed by atoms with van der Waals surface area (Å²) in [5, 5.41) is 3.02. The fourth-order valence-electron chi connectivity index (χ4n) is 5.33. The quantitative estimate of drug-likeness (QED) is 0.547. The zero-order valence-corrected chi connectivity index (χ0v) is 20.0. The highest BCUT2D eigenvalue weighted by Crippen LogP contribution is 2.41. The van der Waals surface area contributed by atoms with Crippen molar-refractivity contribution in [3.63, 3.8) is 0 Å². The zero-order valence-electron chi connectivity index (χ0n) is 20.0. The van der Waals surface area contributed by atoms with Gasteiger partial charge in [0.25, 0.3) is 0 Å². The molecule has 2 atom stereocenters. The molecular formula is C28H28F3N3O2. The Morgan fingerprint density at radius 2 is 1.75 bits per heavy atom. The van der Waals surface area contributed by atoms with Crippen LogP contribution in [0.5, 0.6) is 5.75 Å². The number of piperazine rings is 1. The summed E-state index contributed by atoms with van der Waals surface area (Å²) >= 11 is 0. The van der Waals surface area contributed by atoms with Gasteiger partial charge in [0.05, 0.1) is 30.3 Å². The molecular weight excluding hydrogens is 467 g/mol. The number of anilines is 2. The minimum absolute atomic E-state index is 0.154. The van der Waals surface area contributed by atoms with Gasteiger partial charge >= 0.3 is 6.18 Å². The molecule has 0 aromatic heterocycles. The summed E-state index contributed by atoms with van der Waals surface area (Å²) in [6.45, 7) is 2.18. The molecule has 2 unspecified atom stereocenters. The van der Waals surface area contributed by atoms with Crippen molar-refractivity contribution in [3.8, 4) is 5.75 Å².